The third kappa shape index (κ3) is 3.75. The van der Waals surface area contributed by atoms with Gasteiger partial charge in [-0.05, 0) is 0 Å². The second-order valence-electron chi connectivity index (χ2n) is 0.638. The van der Waals surface area contributed by atoms with Gasteiger partial charge in [0.1, 0.15) is 0 Å². The van der Waals surface area contributed by atoms with Crippen molar-refractivity contribution in [2.24, 2.45) is 0 Å². The third-order valence-corrected chi connectivity index (χ3v) is 0.447. The van der Waals surface area contributed by atoms with Crippen LogP contribution in [0.4, 0.5) is 3.89 Å². The van der Waals surface area contributed by atoms with E-state index in [1.807, 2.05) is 0 Å². The monoisotopic (exact) mass is 110 g/mol. The summed E-state index contributed by atoms with van der Waals surface area (Å²) >= 11 is -0.440. The predicted molar refractivity (Wildman–Crippen MR) is 20.5 cm³/mol. The third-order valence-electron chi connectivity index (χ3n) is 0.149. The Morgan fingerprint density at radius 2 is 2.50 bits per heavy atom. The molecule has 4 heteroatoms. The van der Waals surface area contributed by atoms with Crippen LogP contribution in [-0.4, -0.2) is 5.97 Å². The van der Waals surface area contributed by atoms with Crippen molar-refractivity contribution in [1.29, 1.82) is 0 Å². The molecular weight excluding hydrogens is 107 g/mol. The van der Waals surface area contributed by atoms with Crippen molar-refractivity contribution in [2.75, 3.05) is 0 Å². The molecule has 36 valence electrons. The first-order valence-corrected chi connectivity index (χ1v) is 1.87. The summed E-state index contributed by atoms with van der Waals surface area (Å²) in [6, 6.07) is 0. The van der Waals surface area contributed by atoms with Crippen LogP contribution in [0.25, 0.3) is 0 Å². The molecular formula is C2H3FO2S. The molecule has 0 spiro atoms. The van der Waals surface area contributed by atoms with Gasteiger partial charge in [-0.2, -0.15) is 0 Å². The number of halogens is 1. The lowest BCUT2D eigenvalue weighted by molar-refractivity contribution is -0.130. The van der Waals surface area contributed by atoms with E-state index in [1.54, 1.807) is 0 Å². The molecule has 0 aliphatic rings. The van der Waals surface area contributed by atoms with Crippen LogP contribution in [-0.2, 0) is 8.98 Å². The van der Waals surface area contributed by atoms with Gasteiger partial charge in [-0.1, -0.05) is 0 Å². The summed E-state index contributed by atoms with van der Waals surface area (Å²) in [6.07, 6.45) is 0. The molecule has 0 aromatic heterocycles. The standard InChI is InChI=1S/C2H3FO2S/c1-2(4)5-6-3/h1H3. The molecule has 6 heavy (non-hydrogen) atoms. The molecule has 0 fully saturated rings. The van der Waals surface area contributed by atoms with E-state index < -0.39 is 18.4 Å². The molecule has 0 N–H and O–H groups in total. The first-order valence-electron chi connectivity index (χ1n) is 1.23. The lowest BCUT2D eigenvalue weighted by atomic mass is 10.9. The van der Waals surface area contributed by atoms with Crippen LogP contribution in [0.5, 0.6) is 0 Å². The lowest BCUT2D eigenvalue weighted by Crippen LogP contribution is -1.85. The highest BCUT2D eigenvalue weighted by atomic mass is 32.2. The molecule has 0 bridgehead atoms. The summed E-state index contributed by atoms with van der Waals surface area (Å²) in [7, 11) is 0. The second kappa shape index (κ2) is 2.96. The van der Waals surface area contributed by atoms with E-state index in [0.29, 0.717) is 0 Å². The fourth-order valence-corrected chi connectivity index (χ4v) is 0.133. The maximum Gasteiger partial charge on any atom is 0.317 e. The van der Waals surface area contributed by atoms with Gasteiger partial charge in [0.2, 0.25) is 0 Å². The molecule has 0 aromatic carbocycles. The topological polar surface area (TPSA) is 26.3 Å². The van der Waals surface area contributed by atoms with Crippen molar-refractivity contribution in [3.8, 4) is 0 Å². The van der Waals surface area contributed by atoms with Crippen molar-refractivity contribution in [1.82, 2.24) is 0 Å². The van der Waals surface area contributed by atoms with E-state index in [4.69, 9.17) is 0 Å². The average molecular weight is 110 g/mol. The summed E-state index contributed by atoms with van der Waals surface area (Å²) in [4.78, 5) is 9.56. The fourth-order valence-electron chi connectivity index (χ4n) is 0.0444. The van der Waals surface area contributed by atoms with E-state index in [2.05, 4.69) is 4.18 Å². The molecule has 0 atom stereocenters. The Morgan fingerprint density at radius 3 is 2.50 bits per heavy atom. The summed E-state index contributed by atoms with van der Waals surface area (Å²) in [5.74, 6) is -0.623. The van der Waals surface area contributed by atoms with Gasteiger partial charge in [0, 0.05) is 6.92 Å². The molecule has 0 aliphatic carbocycles. The van der Waals surface area contributed by atoms with E-state index in [9.17, 15) is 8.68 Å². The highest BCUT2D eigenvalue weighted by Crippen LogP contribution is 2.00. The summed E-state index contributed by atoms with van der Waals surface area (Å²) in [6.45, 7) is 1.13. The Balaban J connectivity index is 2.83. The van der Waals surface area contributed by atoms with Gasteiger partial charge >= 0.3 is 5.97 Å². The molecule has 0 saturated heterocycles. The summed E-state index contributed by atoms with van der Waals surface area (Å²) < 4.78 is 14.4. The Morgan fingerprint density at radius 1 is 2.00 bits per heavy atom. The van der Waals surface area contributed by atoms with Crippen LogP contribution >= 0.6 is 12.4 Å². The molecule has 2 nitrogen and oxygen atoms in total. The van der Waals surface area contributed by atoms with E-state index in [-0.39, 0.29) is 0 Å². The van der Waals surface area contributed by atoms with Crippen molar-refractivity contribution >= 4 is 18.4 Å². The average Bonchev–Trinajstić information content (AvgIpc) is 1.35. The van der Waals surface area contributed by atoms with Crippen LogP contribution in [0.3, 0.4) is 0 Å². The van der Waals surface area contributed by atoms with Crippen molar-refractivity contribution in [2.45, 2.75) is 6.92 Å². The zero-order chi connectivity index (χ0) is 4.99. The minimum atomic E-state index is -0.623. The van der Waals surface area contributed by atoms with Crippen LogP contribution in [0.1, 0.15) is 6.92 Å². The molecule has 0 aliphatic heterocycles. The first-order chi connectivity index (χ1) is 2.77. The molecule has 0 saturated carbocycles. The largest absolute Gasteiger partial charge is 0.361 e. The van der Waals surface area contributed by atoms with Gasteiger partial charge in [0.15, 0.2) is 0 Å². The van der Waals surface area contributed by atoms with Crippen molar-refractivity contribution < 1.29 is 12.9 Å². The molecule has 0 rings (SSSR count). The van der Waals surface area contributed by atoms with E-state index >= 15 is 0 Å². The predicted octanol–water partition coefficient (Wildman–Crippen LogP) is 1.08. The number of carbonyl (C=O) groups excluding carboxylic acids is 1. The van der Waals surface area contributed by atoms with Crippen LogP contribution in [0.15, 0.2) is 0 Å². The number of carbonyl (C=O) groups is 1. The smallest absolute Gasteiger partial charge is 0.317 e. The fraction of sp³-hybridized carbons (Fsp3) is 0.500. The zero-order valence-electron chi connectivity index (χ0n) is 3.10. The van der Waals surface area contributed by atoms with Crippen molar-refractivity contribution in [3.63, 3.8) is 0 Å². The Kier molecular flexibility index (Phi) is 2.84. The van der Waals surface area contributed by atoms with Gasteiger partial charge in [0.25, 0.3) is 12.4 Å². The molecule has 0 aromatic rings. The highest BCUT2D eigenvalue weighted by molar-refractivity contribution is 7.89. The molecule has 0 unspecified atom stereocenters. The van der Waals surface area contributed by atoms with Gasteiger partial charge in [-0.3, -0.25) is 4.79 Å². The first kappa shape index (κ1) is 5.75. The maximum absolute atomic E-state index is 10.7. The van der Waals surface area contributed by atoms with Crippen LogP contribution in [0, 0.1) is 0 Å². The van der Waals surface area contributed by atoms with Gasteiger partial charge in [-0.25, -0.2) is 0 Å². The van der Waals surface area contributed by atoms with Crippen LogP contribution in [0.2, 0.25) is 0 Å². The zero-order valence-corrected chi connectivity index (χ0v) is 3.92. The minimum absolute atomic E-state index is 0.440. The number of hydrogen-bond donors (Lipinski definition) is 0. The maximum atomic E-state index is 10.7. The second-order valence-corrected chi connectivity index (χ2v) is 0.931. The molecule has 0 radical (unpaired) electrons. The van der Waals surface area contributed by atoms with Crippen LogP contribution < -0.4 is 0 Å². The van der Waals surface area contributed by atoms with Gasteiger partial charge in [0.05, 0.1) is 0 Å². The molecule has 0 amide bonds. The number of hydrogen-bond acceptors (Lipinski definition) is 3. The van der Waals surface area contributed by atoms with E-state index in [1.165, 1.54) is 0 Å². The molecule has 0 heterocycles. The quantitative estimate of drug-likeness (QED) is 0.472. The summed E-state index contributed by atoms with van der Waals surface area (Å²) in [5.41, 5.74) is 0. The minimum Gasteiger partial charge on any atom is -0.361 e. The van der Waals surface area contributed by atoms with Gasteiger partial charge < -0.3 is 4.18 Å². The Labute approximate surface area is 39.2 Å². The summed E-state index contributed by atoms with van der Waals surface area (Å²) in [5, 5.41) is 0. The lowest BCUT2D eigenvalue weighted by Gasteiger charge is -1.81. The SMILES string of the molecule is CC(=O)OSF. The Hall–Kier alpha value is -0.250. The number of rotatable bonds is 1. The Bertz CT molecular complexity index is 55.5. The van der Waals surface area contributed by atoms with Crippen molar-refractivity contribution in [3.05, 3.63) is 0 Å². The van der Waals surface area contributed by atoms with E-state index in [0.717, 1.165) is 6.92 Å². The normalized spacial score (nSPS) is 7.67. The highest BCUT2D eigenvalue weighted by Gasteiger charge is 1.87. The van der Waals surface area contributed by atoms with Gasteiger partial charge in [-0.15, -0.1) is 3.89 Å².